The van der Waals surface area contributed by atoms with E-state index in [2.05, 4.69) is 236 Å². The van der Waals surface area contributed by atoms with Crippen molar-refractivity contribution in [3.8, 4) is 56.4 Å². The van der Waals surface area contributed by atoms with Gasteiger partial charge in [-0.05, 0) is 82.1 Å². The van der Waals surface area contributed by atoms with E-state index in [1.807, 2.05) is 18.5 Å². The Balaban J connectivity index is 1.24. The summed E-state index contributed by atoms with van der Waals surface area (Å²) < 4.78 is 4.64. The van der Waals surface area contributed by atoms with Crippen LogP contribution in [0.25, 0.3) is 67.3 Å². The average molecular weight is 816 g/mol. The van der Waals surface area contributed by atoms with Gasteiger partial charge in [-0.1, -0.05) is 179 Å². The smallest absolute Gasteiger partial charge is 0.144 e. The second-order valence-corrected chi connectivity index (χ2v) is 16.7. The Hall–Kier alpha value is -7.76. The number of rotatable bonds is 11. The van der Waals surface area contributed by atoms with Crippen molar-refractivity contribution < 1.29 is 0 Å². The number of para-hydroxylation sites is 2. The average Bonchev–Trinajstić information content (AvgIpc) is 3.96. The third kappa shape index (κ3) is 7.32. The van der Waals surface area contributed by atoms with Gasteiger partial charge < -0.3 is 4.90 Å². The first-order chi connectivity index (χ1) is 31.0. The van der Waals surface area contributed by atoms with Crippen molar-refractivity contribution in [3.05, 3.63) is 224 Å². The second-order valence-electron chi connectivity index (χ2n) is 16.7. The molecular weight excluding hydrogens is 767 g/mol. The van der Waals surface area contributed by atoms with Gasteiger partial charge in [0.1, 0.15) is 11.6 Å². The molecule has 3 aromatic heterocycles. The molecule has 0 amide bonds. The first kappa shape index (κ1) is 39.4. The molecule has 306 valence electrons. The van der Waals surface area contributed by atoms with E-state index in [9.17, 15) is 0 Å². The van der Waals surface area contributed by atoms with Gasteiger partial charge in [-0.3, -0.25) is 9.13 Å². The lowest BCUT2D eigenvalue weighted by Gasteiger charge is -2.28. The number of pyridine rings is 1. The van der Waals surface area contributed by atoms with E-state index < -0.39 is 0 Å². The summed E-state index contributed by atoms with van der Waals surface area (Å²) in [6, 6.07) is 69.5. The number of anilines is 3. The van der Waals surface area contributed by atoms with Gasteiger partial charge in [0.05, 0.1) is 22.6 Å². The molecule has 0 saturated carbocycles. The lowest BCUT2D eigenvalue weighted by atomic mass is 9.92. The zero-order chi connectivity index (χ0) is 42.9. The summed E-state index contributed by atoms with van der Waals surface area (Å²) in [6.45, 7) is 9.09. The molecule has 63 heavy (non-hydrogen) atoms. The van der Waals surface area contributed by atoms with Gasteiger partial charge in [0.15, 0.2) is 0 Å². The van der Waals surface area contributed by atoms with Crippen LogP contribution in [0.3, 0.4) is 0 Å². The van der Waals surface area contributed by atoms with E-state index in [1.54, 1.807) is 0 Å². The van der Waals surface area contributed by atoms with Crippen molar-refractivity contribution in [2.75, 3.05) is 4.90 Å². The normalized spacial score (nSPS) is 11.5. The van der Waals surface area contributed by atoms with E-state index in [1.165, 1.54) is 22.4 Å². The van der Waals surface area contributed by atoms with E-state index in [-0.39, 0.29) is 0 Å². The van der Waals surface area contributed by atoms with E-state index in [0.29, 0.717) is 11.8 Å². The van der Waals surface area contributed by atoms with Crippen molar-refractivity contribution >= 4 is 28.0 Å². The fourth-order valence-corrected chi connectivity index (χ4v) is 9.13. The van der Waals surface area contributed by atoms with Gasteiger partial charge in [0, 0.05) is 52.0 Å². The quantitative estimate of drug-likeness (QED) is 0.131. The Labute approximate surface area is 370 Å². The zero-order valence-electron chi connectivity index (χ0n) is 36.1. The van der Waals surface area contributed by atoms with Gasteiger partial charge >= 0.3 is 0 Å². The highest BCUT2D eigenvalue weighted by Crippen LogP contribution is 2.47. The van der Waals surface area contributed by atoms with Crippen LogP contribution in [0.1, 0.15) is 50.7 Å². The Bertz CT molecular complexity index is 3140. The van der Waals surface area contributed by atoms with Crippen LogP contribution >= 0.6 is 0 Å². The molecule has 5 nitrogen and oxygen atoms in total. The maximum atomic E-state index is 5.07. The van der Waals surface area contributed by atoms with Crippen LogP contribution in [0.4, 0.5) is 17.1 Å². The minimum Gasteiger partial charge on any atom is -0.310 e. The summed E-state index contributed by atoms with van der Waals surface area (Å²) in [5.74, 6) is 2.45. The highest BCUT2D eigenvalue weighted by atomic mass is 15.2. The van der Waals surface area contributed by atoms with Crippen LogP contribution in [0.2, 0.25) is 0 Å². The molecule has 0 atom stereocenters. The molecular formula is C58H49N5. The summed E-state index contributed by atoms with van der Waals surface area (Å²) in [5, 5.41) is 1.14. The van der Waals surface area contributed by atoms with Crippen molar-refractivity contribution in [2.45, 2.75) is 39.5 Å². The maximum Gasteiger partial charge on any atom is 0.144 e. The lowest BCUT2D eigenvalue weighted by molar-refractivity contribution is 0.807. The van der Waals surface area contributed by atoms with E-state index >= 15 is 0 Å². The molecule has 10 aromatic rings. The van der Waals surface area contributed by atoms with Crippen molar-refractivity contribution in [2.24, 2.45) is 0 Å². The molecule has 0 aliphatic heterocycles. The largest absolute Gasteiger partial charge is 0.310 e. The lowest BCUT2D eigenvalue weighted by Crippen LogP contribution is -2.12. The third-order valence-electron chi connectivity index (χ3n) is 12.0. The highest BCUT2D eigenvalue weighted by Gasteiger charge is 2.25. The Morgan fingerprint density at radius 1 is 0.476 bits per heavy atom. The summed E-state index contributed by atoms with van der Waals surface area (Å²) in [5.41, 5.74) is 15.9. The standard InChI is InChI=1S/C58H49N5/c1-40(2)48-29-19-30-49(41(3)4)57(48)61-37-36-60-58(61)45-26-18-27-46(38-45)62(52-31-15-14-28-50(52)42-20-8-5-9-21-42)47-33-34-51-53(39-47)63(54-32-16-17-35-59-54)56(44-24-12-7-13-25-44)55(51)43-22-10-6-11-23-43/h5-41H,1-4H3. The van der Waals surface area contributed by atoms with Gasteiger partial charge in [-0.15, -0.1) is 0 Å². The van der Waals surface area contributed by atoms with Gasteiger partial charge in [-0.25, -0.2) is 9.97 Å². The molecule has 10 rings (SSSR count). The number of hydrogen-bond acceptors (Lipinski definition) is 3. The van der Waals surface area contributed by atoms with Crippen LogP contribution in [0, 0.1) is 0 Å². The van der Waals surface area contributed by atoms with Gasteiger partial charge in [0.25, 0.3) is 0 Å². The maximum absolute atomic E-state index is 5.07. The highest BCUT2D eigenvalue weighted by molar-refractivity contribution is 6.07. The predicted molar refractivity (Wildman–Crippen MR) is 263 cm³/mol. The number of aromatic nitrogens is 4. The molecule has 0 spiro atoms. The zero-order valence-corrected chi connectivity index (χ0v) is 36.1. The van der Waals surface area contributed by atoms with Crippen LogP contribution in [0.15, 0.2) is 213 Å². The number of benzene rings is 7. The molecule has 0 saturated heterocycles. The molecule has 0 bridgehead atoms. The Morgan fingerprint density at radius 3 is 1.76 bits per heavy atom. The molecule has 0 aliphatic carbocycles. The number of hydrogen-bond donors (Lipinski definition) is 0. The number of nitrogens with zero attached hydrogens (tertiary/aromatic N) is 5. The van der Waals surface area contributed by atoms with Crippen LogP contribution in [0.5, 0.6) is 0 Å². The minimum atomic E-state index is 0.343. The van der Waals surface area contributed by atoms with Gasteiger partial charge in [0.2, 0.25) is 0 Å². The molecule has 7 aromatic carbocycles. The minimum absolute atomic E-state index is 0.343. The first-order valence-corrected chi connectivity index (χ1v) is 21.9. The summed E-state index contributed by atoms with van der Waals surface area (Å²) >= 11 is 0. The summed E-state index contributed by atoms with van der Waals surface area (Å²) in [4.78, 5) is 12.5. The van der Waals surface area contributed by atoms with Crippen molar-refractivity contribution in [1.29, 1.82) is 0 Å². The van der Waals surface area contributed by atoms with E-state index in [0.717, 1.165) is 73.1 Å². The van der Waals surface area contributed by atoms with E-state index in [4.69, 9.17) is 9.97 Å². The van der Waals surface area contributed by atoms with Crippen molar-refractivity contribution in [3.63, 3.8) is 0 Å². The molecule has 0 aliphatic rings. The summed E-state index contributed by atoms with van der Waals surface area (Å²) in [6.07, 6.45) is 5.93. The molecule has 0 radical (unpaired) electrons. The van der Waals surface area contributed by atoms with Crippen molar-refractivity contribution in [1.82, 2.24) is 19.1 Å². The van der Waals surface area contributed by atoms with Gasteiger partial charge in [-0.2, -0.15) is 0 Å². The monoisotopic (exact) mass is 815 g/mol. The SMILES string of the molecule is CC(C)c1cccc(C(C)C)c1-n1ccnc1-c1cccc(N(c2ccc3c(-c4ccccc4)c(-c4ccccc4)n(-c4ccccn4)c3c2)c2ccccc2-c2ccccc2)c1. The fourth-order valence-electron chi connectivity index (χ4n) is 9.13. The summed E-state index contributed by atoms with van der Waals surface area (Å²) in [7, 11) is 0. The molecule has 5 heteroatoms. The molecule has 0 fully saturated rings. The Kier molecular flexibility index (Phi) is 10.6. The molecule has 0 unspecified atom stereocenters. The third-order valence-corrected chi connectivity index (χ3v) is 12.0. The fraction of sp³-hybridized carbons (Fsp3) is 0.103. The van der Waals surface area contributed by atoms with Crippen LogP contribution < -0.4 is 4.90 Å². The van der Waals surface area contributed by atoms with Crippen LogP contribution in [-0.2, 0) is 0 Å². The predicted octanol–water partition coefficient (Wildman–Crippen LogP) is 15.6. The number of imidazole rings is 1. The second kappa shape index (κ2) is 16.9. The first-order valence-electron chi connectivity index (χ1n) is 21.9. The topological polar surface area (TPSA) is 38.9 Å². The molecule has 3 heterocycles. The number of fused-ring (bicyclic) bond motifs is 1. The van der Waals surface area contributed by atoms with Crippen LogP contribution in [-0.4, -0.2) is 19.1 Å². The Morgan fingerprint density at radius 2 is 1.08 bits per heavy atom. The molecule has 0 N–H and O–H groups in total.